The van der Waals surface area contributed by atoms with E-state index < -0.39 is 11.7 Å². The van der Waals surface area contributed by atoms with E-state index in [2.05, 4.69) is 20.3 Å². The molecule has 2 heterocycles. The number of aromatic nitrogens is 3. The minimum absolute atomic E-state index is 0.0524. The molecular formula is C18H24N4O3. The number of carbonyl (C=O) groups excluding carboxylic acids is 2. The monoisotopic (exact) mass is 344 g/mol. The van der Waals surface area contributed by atoms with Crippen LogP contribution < -0.4 is 5.32 Å². The molecule has 2 aromatic rings. The number of aromatic amines is 1. The smallest absolute Gasteiger partial charge is 0.407 e. The van der Waals surface area contributed by atoms with Gasteiger partial charge < -0.3 is 15.0 Å². The Kier molecular flexibility index (Phi) is 4.74. The molecule has 0 spiro atoms. The third-order valence-electron chi connectivity index (χ3n) is 4.41. The van der Waals surface area contributed by atoms with Crippen molar-refractivity contribution in [2.24, 2.45) is 5.92 Å². The van der Waals surface area contributed by atoms with Gasteiger partial charge in [-0.25, -0.2) is 14.8 Å². The summed E-state index contributed by atoms with van der Waals surface area (Å²) in [5, 5.41) is 3.66. The van der Waals surface area contributed by atoms with Crippen molar-refractivity contribution in [2.75, 3.05) is 0 Å². The van der Waals surface area contributed by atoms with Crippen molar-refractivity contribution in [3.8, 4) is 0 Å². The van der Waals surface area contributed by atoms with Crippen LogP contribution in [-0.2, 0) is 4.74 Å². The Hall–Kier alpha value is -2.44. The molecule has 1 aliphatic rings. The lowest BCUT2D eigenvalue weighted by atomic mass is 9.82. The number of Topliss-reactive ketones (excluding diaryl/α,β-unsaturated/α-hetero) is 1. The van der Waals surface area contributed by atoms with E-state index in [0.717, 1.165) is 31.1 Å². The lowest BCUT2D eigenvalue weighted by molar-refractivity contribution is 0.0487. The maximum absolute atomic E-state index is 12.8. The summed E-state index contributed by atoms with van der Waals surface area (Å²) < 4.78 is 5.29. The van der Waals surface area contributed by atoms with Crippen LogP contribution in [0.2, 0.25) is 0 Å². The van der Waals surface area contributed by atoms with E-state index in [1.54, 1.807) is 6.20 Å². The van der Waals surface area contributed by atoms with E-state index in [-0.39, 0.29) is 17.7 Å². The van der Waals surface area contributed by atoms with Crippen LogP contribution in [0.1, 0.15) is 56.9 Å². The number of nitrogens with one attached hydrogen (secondary N) is 2. The highest BCUT2D eigenvalue weighted by Gasteiger charge is 2.30. The van der Waals surface area contributed by atoms with Crippen LogP contribution in [0.15, 0.2) is 18.6 Å². The molecule has 3 rings (SSSR count). The van der Waals surface area contributed by atoms with Crippen molar-refractivity contribution in [1.82, 2.24) is 20.3 Å². The van der Waals surface area contributed by atoms with E-state index in [4.69, 9.17) is 4.74 Å². The average Bonchev–Trinajstić information content (AvgIpc) is 3.01. The van der Waals surface area contributed by atoms with Gasteiger partial charge >= 0.3 is 6.09 Å². The van der Waals surface area contributed by atoms with Crippen LogP contribution in [0.4, 0.5) is 4.79 Å². The molecule has 1 saturated carbocycles. The first kappa shape index (κ1) is 17.4. The SMILES string of the molecule is CC(C)(C)OC(=O)N[C@H]1CC[C@H](C(=O)c2ncnc3[nH]ccc23)CC1. The number of alkyl carbamates (subject to hydrolysis) is 1. The van der Waals surface area contributed by atoms with E-state index >= 15 is 0 Å². The second kappa shape index (κ2) is 6.82. The molecule has 1 amide bonds. The summed E-state index contributed by atoms with van der Waals surface area (Å²) in [5.41, 5.74) is 0.653. The van der Waals surface area contributed by atoms with Crippen molar-refractivity contribution >= 4 is 22.9 Å². The minimum Gasteiger partial charge on any atom is -0.444 e. The second-order valence-corrected chi connectivity index (χ2v) is 7.52. The summed E-state index contributed by atoms with van der Waals surface area (Å²) >= 11 is 0. The molecule has 1 aliphatic carbocycles. The molecule has 1 fully saturated rings. The predicted octanol–water partition coefficient (Wildman–Crippen LogP) is 3.22. The number of hydrogen-bond donors (Lipinski definition) is 2. The first-order valence-corrected chi connectivity index (χ1v) is 8.65. The zero-order chi connectivity index (χ0) is 18.0. The van der Waals surface area contributed by atoms with E-state index in [1.165, 1.54) is 6.33 Å². The lowest BCUT2D eigenvalue weighted by Gasteiger charge is -2.29. The fraction of sp³-hybridized carbons (Fsp3) is 0.556. The first-order chi connectivity index (χ1) is 11.8. The molecule has 134 valence electrons. The largest absolute Gasteiger partial charge is 0.444 e. The predicted molar refractivity (Wildman–Crippen MR) is 93.3 cm³/mol. The van der Waals surface area contributed by atoms with Crippen LogP contribution in [-0.4, -0.2) is 38.5 Å². The number of ketones is 1. The molecule has 2 N–H and O–H groups in total. The number of carbonyl (C=O) groups is 2. The van der Waals surface area contributed by atoms with E-state index in [9.17, 15) is 9.59 Å². The number of H-pyrrole nitrogens is 1. The maximum Gasteiger partial charge on any atom is 0.407 e. The Balaban J connectivity index is 1.58. The Morgan fingerprint density at radius 3 is 2.60 bits per heavy atom. The molecule has 7 heteroatoms. The van der Waals surface area contributed by atoms with Crippen LogP contribution in [0.5, 0.6) is 0 Å². The number of ether oxygens (including phenoxy) is 1. The second-order valence-electron chi connectivity index (χ2n) is 7.52. The van der Waals surface area contributed by atoms with Gasteiger partial charge in [0.1, 0.15) is 23.3 Å². The van der Waals surface area contributed by atoms with Gasteiger partial charge in [0, 0.05) is 23.5 Å². The maximum atomic E-state index is 12.8. The summed E-state index contributed by atoms with van der Waals surface area (Å²) in [6.45, 7) is 5.52. The molecule has 0 atom stereocenters. The van der Waals surface area contributed by atoms with Gasteiger partial charge in [0.25, 0.3) is 0 Å². The molecule has 25 heavy (non-hydrogen) atoms. The normalized spacial score (nSPS) is 21.1. The van der Waals surface area contributed by atoms with Gasteiger partial charge in [-0.15, -0.1) is 0 Å². The van der Waals surface area contributed by atoms with Gasteiger partial charge in [-0.2, -0.15) is 0 Å². The highest BCUT2D eigenvalue weighted by molar-refractivity contribution is 6.06. The summed E-state index contributed by atoms with van der Waals surface area (Å²) in [5.74, 6) is -0.00703. The fourth-order valence-corrected chi connectivity index (χ4v) is 3.24. The number of fused-ring (bicyclic) bond motifs is 1. The summed E-state index contributed by atoms with van der Waals surface area (Å²) in [7, 11) is 0. The Labute approximate surface area is 146 Å². The fourth-order valence-electron chi connectivity index (χ4n) is 3.24. The number of rotatable bonds is 3. The van der Waals surface area contributed by atoms with Crippen molar-refractivity contribution in [3.05, 3.63) is 24.3 Å². The number of nitrogens with zero attached hydrogens (tertiary/aromatic N) is 2. The van der Waals surface area contributed by atoms with Crippen LogP contribution >= 0.6 is 0 Å². The number of amides is 1. The third-order valence-corrected chi connectivity index (χ3v) is 4.41. The topological polar surface area (TPSA) is 97.0 Å². The van der Waals surface area contributed by atoms with Crippen molar-refractivity contribution in [3.63, 3.8) is 0 Å². The van der Waals surface area contributed by atoms with E-state index in [0.29, 0.717) is 11.3 Å². The zero-order valence-electron chi connectivity index (χ0n) is 14.8. The Morgan fingerprint density at radius 2 is 1.92 bits per heavy atom. The molecule has 0 bridgehead atoms. The zero-order valence-corrected chi connectivity index (χ0v) is 14.8. The van der Waals surface area contributed by atoms with Gasteiger partial charge in [0.05, 0.1) is 0 Å². The standard InChI is InChI=1S/C18H24N4O3/c1-18(2,3)25-17(24)22-12-6-4-11(5-7-12)15(23)14-13-8-9-19-16(13)21-10-20-14/h8-12H,4-7H2,1-3H3,(H,22,24)(H,19,20,21)/t11-,12-. The minimum atomic E-state index is -0.508. The lowest BCUT2D eigenvalue weighted by Crippen LogP contribution is -2.41. The average molecular weight is 344 g/mol. The van der Waals surface area contributed by atoms with Crippen LogP contribution in [0, 0.1) is 5.92 Å². The van der Waals surface area contributed by atoms with Crippen LogP contribution in [0.3, 0.4) is 0 Å². The molecule has 0 aromatic carbocycles. The summed E-state index contributed by atoms with van der Waals surface area (Å²) in [6.07, 6.45) is 5.77. The quantitative estimate of drug-likeness (QED) is 0.833. The highest BCUT2D eigenvalue weighted by Crippen LogP contribution is 2.28. The molecule has 0 aliphatic heterocycles. The van der Waals surface area contributed by atoms with Crippen molar-refractivity contribution < 1.29 is 14.3 Å². The molecule has 0 radical (unpaired) electrons. The Morgan fingerprint density at radius 1 is 1.20 bits per heavy atom. The van der Waals surface area contributed by atoms with Gasteiger partial charge in [-0.05, 0) is 52.5 Å². The van der Waals surface area contributed by atoms with Gasteiger partial charge in [-0.3, -0.25) is 4.79 Å². The highest BCUT2D eigenvalue weighted by atomic mass is 16.6. The molecule has 2 aromatic heterocycles. The molecule has 7 nitrogen and oxygen atoms in total. The summed E-state index contributed by atoms with van der Waals surface area (Å²) in [6, 6.07) is 1.88. The van der Waals surface area contributed by atoms with Gasteiger partial charge in [0.2, 0.25) is 0 Å². The van der Waals surface area contributed by atoms with Crippen LogP contribution in [0.25, 0.3) is 11.0 Å². The number of hydrogen-bond acceptors (Lipinski definition) is 5. The van der Waals surface area contributed by atoms with E-state index in [1.807, 2.05) is 26.8 Å². The van der Waals surface area contributed by atoms with Crippen molar-refractivity contribution in [2.45, 2.75) is 58.1 Å². The molecule has 0 saturated heterocycles. The molecular weight excluding hydrogens is 320 g/mol. The van der Waals surface area contributed by atoms with Gasteiger partial charge in [0.15, 0.2) is 5.78 Å². The van der Waals surface area contributed by atoms with Gasteiger partial charge in [-0.1, -0.05) is 0 Å². The first-order valence-electron chi connectivity index (χ1n) is 8.65. The third kappa shape index (κ3) is 4.15. The molecule has 0 unspecified atom stereocenters. The van der Waals surface area contributed by atoms with Crippen molar-refractivity contribution in [1.29, 1.82) is 0 Å². The summed E-state index contributed by atoms with van der Waals surface area (Å²) in [4.78, 5) is 36.0. The Bertz CT molecular complexity index is 770.